The highest BCUT2D eigenvalue weighted by molar-refractivity contribution is 5.80. The summed E-state index contributed by atoms with van der Waals surface area (Å²) in [6, 6.07) is 0.0831. The molecule has 2 heterocycles. The number of guanidine groups is 1. The van der Waals surface area contributed by atoms with Crippen molar-refractivity contribution in [2.24, 2.45) is 10.7 Å². The second-order valence-corrected chi connectivity index (χ2v) is 5.60. The number of carbonyl (C=O) groups excluding carboxylic acids is 1. The number of ether oxygens (including phenoxy) is 1. The second-order valence-electron chi connectivity index (χ2n) is 5.60. The number of carbonyl (C=O) groups is 1. The first-order chi connectivity index (χ1) is 8.83. The summed E-state index contributed by atoms with van der Waals surface area (Å²) in [7, 11) is 0. The van der Waals surface area contributed by atoms with Crippen molar-refractivity contribution in [3.63, 3.8) is 0 Å². The largest absolute Gasteiger partial charge is 0.528 e. The molecular weight excluding hydrogens is 248 g/mol. The highest BCUT2D eigenvalue weighted by Gasteiger charge is 2.29. The van der Waals surface area contributed by atoms with Gasteiger partial charge in [0.2, 0.25) is 0 Å². The summed E-state index contributed by atoms with van der Waals surface area (Å²) in [5.41, 5.74) is 6.09. The number of hydrogen-bond acceptors (Lipinski definition) is 7. The first-order valence-corrected chi connectivity index (χ1v) is 6.28. The van der Waals surface area contributed by atoms with E-state index in [2.05, 4.69) is 10.3 Å². The highest BCUT2D eigenvalue weighted by atomic mass is 16.8. The number of nitrogens with two attached hydrogens (primary N) is 1. The van der Waals surface area contributed by atoms with Gasteiger partial charge < -0.3 is 20.6 Å². The van der Waals surface area contributed by atoms with E-state index in [1.54, 1.807) is 25.8 Å². The number of nitrogens with one attached hydrogen (secondary N) is 1. The zero-order valence-corrected chi connectivity index (χ0v) is 11.5. The third-order valence-electron chi connectivity index (χ3n) is 2.73. The van der Waals surface area contributed by atoms with Gasteiger partial charge >= 0.3 is 6.16 Å². The van der Waals surface area contributed by atoms with E-state index in [-0.39, 0.29) is 6.04 Å². The Labute approximate surface area is 112 Å². The van der Waals surface area contributed by atoms with Crippen molar-refractivity contribution in [1.82, 2.24) is 10.4 Å². The van der Waals surface area contributed by atoms with E-state index < -0.39 is 11.8 Å². The number of piperidine rings is 1. The highest BCUT2D eigenvalue weighted by Crippen LogP contribution is 2.21. The SMILES string of the molecule is CC(C)(C)OC(=O)ON1CCC2N=C(N)NC=C2C1. The summed E-state index contributed by atoms with van der Waals surface area (Å²) in [4.78, 5) is 21.0. The van der Waals surface area contributed by atoms with Crippen LogP contribution in [0.1, 0.15) is 27.2 Å². The van der Waals surface area contributed by atoms with Gasteiger partial charge in [0.15, 0.2) is 5.96 Å². The van der Waals surface area contributed by atoms with Gasteiger partial charge in [-0.25, -0.2) is 9.79 Å². The second kappa shape index (κ2) is 5.08. The number of fused-ring (bicyclic) bond motifs is 1. The molecule has 1 saturated heterocycles. The number of aliphatic imine (C=N–C) groups is 1. The van der Waals surface area contributed by atoms with Crippen LogP contribution in [0.3, 0.4) is 0 Å². The minimum atomic E-state index is -0.682. The Hall–Kier alpha value is -1.76. The minimum absolute atomic E-state index is 0.0831. The number of rotatable bonds is 1. The van der Waals surface area contributed by atoms with Crippen LogP contribution in [0.5, 0.6) is 0 Å². The van der Waals surface area contributed by atoms with Crippen molar-refractivity contribution >= 4 is 12.1 Å². The molecular formula is C12H20N4O3. The molecule has 1 atom stereocenters. The Morgan fingerprint density at radius 2 is 2.32 bits per heavy atom. The number of hydroxylamine groups is 2. The summed E-state index contributed by atoms with van der Waals surface area (Å²) in [5.74, 6) is 0.426. The van der Waals surface area contributed by atoms with Gasteiger partial charge in [-0.3, -0.25) is 0 Å². The molecule has 106 valence electrons. The maximum absolute atomic E-state index is 11.6. The molecule has 7 nitrogen and oxygen atoms in total. The molecule has 0 saturated carbocycles. The Kier molecular flexibility index (Phi) is 3.66. The van der Waals surface area contributed by atoms with Crippen LogP contribution in [0.25, 0.3) is 0 Å². The van der Waals surface area contributed by atoms with Crippen molar-refractivity contribution in [3.05, 3.63) is 11.8 Å². The van der Waals surface area contributed by atoms with E-state index in [4.69, 9.17) is 15.3 Å². The van der Waals surface area contributed by atoms with Crippen LogP contribution in [0.2, 0.25) is 0 Å². The Bertz CT molecular complexity index is 425. The number of nitrogens with zero attached hydrogens (tertiary/aromatic N) is 2. The third-order valence-corrected chi connectivity index (χ3v) is 2.73. The number of hydrogen-bond donors (Lipinski definition) is 2. The van der Waals surface area contributed by atoms with Gasteiger partial charge in [-0.1, -0.05) is 0 Å². The molecule has 1 unspecified atom stereocenters. The molecule has 7 heteroatoms. The molecule has 2 rings (SSSR count). The van der Waals surface area contributed by atoms with Crippen molar-refractivity contribution in [3.8, 4) is 0 Å². The molecule has 0 aromatic rings. The molecule has 0 amide bonds. The summed E-state index contributed by atoms with van der Waals surface area (Å²) in [5, 5.41) is 4.44. The Morgan fingerprint density at radius 1 is 1.58 bits per heavy atom. The molecule has 2 aliphatic rings. The molecule has 1 fully saturated rings. The van der Waals surface area contributed by atoms with Gasteiger partial charge in [0.1, 0.15) is 5.60 Å². The van der Waals surface area contributed by atoms with Crippen LogP contribution in [-0.2, 0) is 9.57 Å². The van der Waals surface area contributed by atoms with E-state index >= 15 is 0 Å². The van der Waals surface area contributed by atoms with Gasteiger partial charge in [-0.2, -0.15) is 0 Å². The average molecular weight is 268 g/mol. The molecule has 0 aliphatic carbocycles. The first kappa shape index (κ1) is 13.7. The average Bonchev–Trinajstić information content (AvgIpc) is 2.26. The molecule has 0 radical (unpaired) electrons. The summed E-state index contributed by atoms with van der Waals surface area (Å²) >= 11 is 0. The van der Waals surface area contributed by atoms with Crippen LogP contribution in [0, 0.1) is 0 Å². The molecule has 19 heavy (non-hydrogen) atoms. The monoisotopic (exact) mass is 268 g/mol. The lowest BCUT2D eigenvalue weighted by Crippen LogP contribution is -2.44. The lowest BCUT2D eigenvalue weighted by Gasteiger charge is -2.33. The lowest BCUT2D eigenvalue weighted by atomic mass is 10.0. The van der Waals surface area contributed by atoms with Crippen LogP contribution in [-0.4, -0.2) is 41.9 Å². The van der Waals surface area contributed by atoms with Crippen molar-refractivity contribution < 1.29 is 14.4 Å². The standard InChI is InChI=1S/C12H20N4O3/c1-12(2,3)18-11(17)19-16-5-4-9-8(7-16)6-14-10(13)15-9/h6,9H,4-5,7H2,1-3H3,(H3,13,14,15). The fourth-order valence-corrected chi connectivity index (χ4v) is 1.95. The predicted octanol–water partition coefficient (Wildman–Crippen LogP) is 0.729. The van der Waals surface area contributed by atoms with Gasteiger partial charge in [-0.15, -0.1) is 5.06 Å². The van der Waals surface area contributed by atoms with E-state index in [1.807, 2.05) is 6.20 Å². The van der Waals surface area contributed by atoms with Crippen molar-refractivity contribution in [2.75, 3.05) is 13.1 Å². The zero-order chi connectivity index (χ0) is 14.0. The summed E-state index contributed by atoms with van der Waals surface area (Å²) in [6.07, 6.45) is 1.90. The Balaban J connectivity index is 1.87. The maximum atomic E-state index is 11.6. The van der Waals surface area contributed by atoms with Crippen molar-refractivity contribution in [1.29, 1.82) is 0 Å². The first-order valence-electron chi connectivity index (χ1n) is 6.28. The fourth-order valence-electron chi connectivity index (χ4n) is 1.95. The minimum Gasteiger partial charge on any atom is -0.427 e. The molecule has 0 aromatic carbocycles. The van der Waals surface area contributed by atoms with E-state index in [1.165, 1.54) is 0 Å². The molecule has 0 spiro atoms. The molecule has 3 N–H and O–H groups in total. The van der Waals surface area contributed by atoms with Gasteiger partial charge in [0.05, 0.1) is 12.6 Å². The maximum Gasteiger partial charge on any atom is 0.528 e. The van der Waals surface area contributed by atoms with Crippen molar-refractivity contribution in [2.45, 2.75) is 38.8 Å². The smallest absolute Gasteiger partial charge is 0.427 e. The summed E-state index contributed by atoms with van der Waals surface area (Å²) in [6.45, 7) is 6.51. The van der Waals surface area contributed by atoms with E-state index in [0.717, 1.165) is 12.0 Å². The van der Waals surface area contributed by atoms with Crippen LogP contribution in [0.4, 0.5) is 4.79 Å². The van der Waals surface area contributed by atoms with Gasteiger partial charge in [0, 0.05) is 12.7 Å². The van der Waals surface area contributed by atoms with Crippen LogP contribution >= 0.6 is 0 Å². The predicted molar refractivity (Wildman–Crippen MR) is 70.1 cm³/mol. The van der Waals surface area contributed by atoms with Gasteiger partial charge in [-0.05, 0) is 32.8 Å². The zero-order valence-electron chi connectivity index (χ0n) is 11.5. The molecule has 0 aromatic heterocycles. The van der Waals surface area contributed by atoms with Crippen LogP contribution in [0.15, 0.2) is 16.8 Å². The van der Waals surface area contributed by atoms with E-state index in [0.29, 0.717) is 19.0 Å². The third kappa shape index (κ3) is 3.85. The molecule has 0 bridgehead atoms. The Morgan fingerprint density at radius 3 is 3.00 bits per heavy atom. The lowest BCUT2D eigenvalue weighted by molar-refractivity contribution is -0.143. The summed E-state index contributed by atoms with van der Waals surface area (Å²) < 4.78 is 5.11. The molecule has 2 aliphatic heterocycles. The fraction of sp³-hybridized carbons (Fsp3) is 0.667. The van der Waals surface area contributed by atoms with Crippen LogP contribution < -0.4 is 11.1 Å². The quantitative estimate of drug-likeness (QED) is 0.681. The normalized spacial score (nSPS) is 23.6. The van der Waals surface area contributed by atoms with E-state index in [9.17, 15) is 4.79 Å². The van der Waals surface area contributed by atoms with Gasteiger partial charge in [0.25, 0.3) is 0 Å². The topological polar surface area (TPSA) is 89.2 Å².